The van der Waals surface area contributed by atoms with Gasteiger partial charge in [0.2, 0.25) is 11.8 Å². The number of hydrogen-bond acceptors (Lipinski definition) is 4. The van der Waals surface area contributed by atoms with Crippen molar-refractivity contribution in [3.8, 4) is 0 Å². The van der Waals surface area contributed by atoms with Gasteiger partial charge in [-0.25, -0.2) is 0 Å². The van der Waals surface area contributed by atoms with Crippen LogP contribution in [0.2, 0.25) is 5.02 Å². The summed E-state index contributed by atoms with van der Waals surface area (Å²) in [4.78, 5) is 41.7. The molecule has 2 heterocycles. The molecule has 0 bridgehead atoms. The number of nitrogens with one attached hydrogen (secondary N) is 2. The SMILES string of the molecule is CC(=O)N(CC(=O)N1CCCCC1)c1ccc(N/C(=C2\C(=O)Nc3cc(Cl)ccc32)c2ccccc2)cc1. The predicted octanol–water partition coefficient (Wildman–Crippen LogP) is 5.64. The van der Waals surface area contributed by atoms with Gasteiger partial charge in [-0.15, -0.1) is 0 Å². The average Bonchev–Trinajstić information content (AvgIpc) is 3.25. The highest BCUT2D eigenvalue weighted by atomic mass is 35.5. The number of anilines is 3. The van der Waals surface area contributed by atoms with Crippen molar-refractivity contribution in [1.82, 2.24) is 4.90 Å². The van der Waals surface area contributed by atoms with Crippen LogP contribution in [0.4, 0.5) is 17.1 Å². The van der Waals surface area contributed by atoms with E-state index in [1.165, 1.54) is 11.8 Å². The molecule has 0 aliphatic carbocycles. The van der Waals surface area contributed by atoms with E-state index >= 15 is 0 Å². The molecule has 2 aliphatic heterocycles. The van der Waals surface area contributed by atoms with E-state index in [1.54, 1.807) is 12.1 Å². The second-order valence-electron chi connectivity index (χ2n) is 9.48. The molecule has 0 unspecified atom stereocenters. The predicted molar refractivity (Wildman–Crippen MR) is 152 cm³/mol. The zero-order chi connectivity index (χ0) is 26.6. The molecule has 0 radical (unpaired) electrons. The van der Waals surface area contributed by atoms with Crippen LogP contribution in [0.3, 0.4) is 0 Å². The van der Waals surface area contributed by atoms with Crippen molar-refractivity contribution in [3.05, 3.63) is 88.9 Å². The molecule has 1 saturated heterocycles. The van der Waals surface area contributed by atoms with Gasteiger partial charge in [0.25, 0.3) is 5.91 Å². The first kappa shape index (κ1) is 25.5. The molecule has 0 aromatic heterocycles. The van der Waals surface area contributed by atoms with Crippen molar-refractivity contribution >= 4 is 57.7 Å². The van der Waals surface area contributed by atoms with Crippen LogP contribution >= 0.6 is 11.6 Å². The number of amides is 3. The summed E-state index contributed by atoms with van der Waals surface area (Å²) >= 11 is 6.15. The molecule has 0 atom stereocenters. The number of likely N-dealkylation sites (tertiary alicyclic amines) is 1. The van der Waals surface area contributed by atoms with Gasteiger partial charge in [-0.2, -0.15) is 0 Å². The summed E-state index contributed by atoms with van der Waals surface area (Å²) in [6.45, 7) is 2.97. The van der Waals surface area contributed by atoms with E-state index in [-0.39, 0.29) is 24.3 Å². The Morgan fingerprint density at radius 2 is 1.68 bits per heavy atom. The van der Waals surface area contributed by atoms with Gasteiger partial charge in [0.1, 0.15) is 6.54 Å². The Labute approximate surface area is 227 Å². The maximum absolute atomic E-state index is 13.1. The first-order chi connectivity index (χ1) is 18.4. The molecule has 0 spiro atoms. The summed E-state index contributed by atoms with van der Waals surface area (Å²) in [5.41, 5.74) is 4.83. The number of hydrogen-bond donors (Lipinski definition) is 2. The quantitative estimate of drug-likeness (QED) is 0.406. The molecule has 7 nitrogen and oxygen atoms in total. The number of carbonyl (C=O) groups is 3. The Hall–Kier alpha value is -4.10. The van der Waals surface area contributed by atoms with Crippen LogP contribution in [0, 0.1) is 0 Å². The number of rotatable bonds is 6. The molecule has 3 amide bonds. The first-order valence-electron chi connectivity index (χ1n) is 12.7. The summed E-state index contributed by atoms with van der Waals surface area (Å²) in [6.07, 6.45) is 3.14. The third-order valence-electron chi connectivity index (χ3n) is 6.87. The molecule has 2 N–H and O–H groups in total. The third kappa shape index (κ3) is 5.43. The highest BCUT2D eigenvalue weighted by molar-refractivity contribution is 6.38. The molecule has 3 aromatic carbocycles. The number of nitrogens with zero attached hydrogens (tertiary/aromatic N) is 2. The Morgan fingerprint density at radius 1 is 0.974 bits per heavy atom. The minimum atomic E-state index is -0.218. The fourth-order valence-corrected chi connectivity index (χ4v) is 5.08. The third-order valence-corrected chi connectivity index (χ3v) is 7.10. The van der Waals surface area contributed by atoms with Gasteiger partial charge in [0.15, 0.2) is 0 Å². The Morgan fingerprint density at radius 3 is 2.37 bits per heavy atom. The lowest BCUT2D eigenvalue weighted by Gasteiger charge is -2.29. The van der Waals surface area contributed by atoms with Gasteiger partial charge < -0.3 is 20.4 Å². The van der Waals surface area contributed by atoms with Crippen LogP contribution in [0.25, 0.3) is 11.3 Å². The van der Waals surface area contributed by atoms with E-state index in [4.69, 9.17) is 11.6 Å². The van der Waals surface area contributed by atoms with Crippen molar-refractivity contribution in [1.29, 1.82) is 0 Å². The van der Waals surface area contributed by atoms with E-state index in [2.05, 4.69) is 10.6 Å². The van der Waals surface area contributed by atoms with Crippen molar-refractivity contribution < 1.29 is 14.4 Å². The number of halogens is 1. The van der Waals surface area contributed by atoms with Crippen molar-refractivity contribution in [3.63, 3.8) is 0 Å². The van der Waals surface area contributed by atoms with Gasteiger partial charge in [0, 0.05) is 42.0 Å². The molecular weight excluding hydrogens is 500 g/mol. The van der Waals surface area contributed by atoms with Gasteiger partial charge >= 0.3 is 0 Å². The summed E-state index contributed by atoms with van der Waals surface area (Å²) in [7, 11) is 0. The lowest BCUT2D eigenvalue weighted by atomic mass is 10.00. The van der Waals surface area contributed by atoms with E-state index in [1.807, 2.05) is 65.6 Å². The minimum Gasteiger partial charge on any atom is -0.354 e. The molecule has 0 saturated carbocycles. The smallest absolute Gasteiger partial charge is 0.258 e. The van der Waals surface area contributed by atoms with Crippen molar-refractivity contribution in [2.45, 2.75) is 26.2 Å². The largest absolute Gasteiger partial charge is 0.354 e. The maximum atomic E-state index is 13.1. The Balaban J connectivity index is 1.43. The molecular formula is C30H29ClN4O3. The van der Waals surface area contributed by atoms with E-state index < -0.39 is 0 Å². The van der Waals surface area contributed by atoms with Crippen LogP contribution < -0.4 is 15.5 Å². The average molecular weight is 529 g/mol. The molecule has 1 fully saturated rings. The zero-order valence-corrected chi connectivity index (χ0v) is 21.9. The number of benzene rings is 3. The normalized spacial score (nSPS) is 15.9. The van der Waals surface area contributed by atoms with Crippen molar-refractivity contribution in [2.75, 3.05) is 35.2 Å². The van der Waals surface area contributed by atoms with Crippen LogP contribution in [-0.4, -0.2) is 42.3 Å². The van der Waals surface area contributed by atoms with Gasteiger partial charge in [-0.05, 0) is 61.2 Å². The Kier molecular flexibility index (Phi) is 7.47. The van der Waals surface area contributed by atoms with Crippen LogP contribution in [-0.2, 0) is 14.4 Å². The molecule has 5 rings (SSSR count). The van der Waals surface area contributed by atoms with Crippen molar-refractivity contribution in [2.24, 2.45) is 0 Å². The molecule has 194 valence electrons. The standard InChI is InChI=1S/C30H29ClN4O3/c1-20(36)35(19-27(37)34-16-6-3-7-17-34)24-13-11-23(12-14-24)32-29(21-8-4-2-5-9-21)28-25-15-10-22(31)18-26(25)33-30(28)38/h2,4-5,8-15,18,32H,3,6-7,16-17,19H2,1H3,(H,33,38)/b29-28-. The number of piperidine rings is 1. The fourth-order valence-electron chi connectivity index (χ4n) is 4.91. The molecule has 8 heteroatoms. The zero-order valence-electron chi connectivity index (χ0n) is 21.2. The summed E-state index contributed by atoms with van der Waals surface area (Å²) in [5, 5.41) is 6.87. The van der Waals surface area contributed by atoms with Gasteiger partial charge in [0.05, 0.1) is 17.0 Å². The topological polar surface area (TPSA) is 81.8 Å². The first-order valence-corrected chi connectivity index (χ1v) is 13.1. The minimum absolute atomic E-state index is 0.0148. The Bertz CT molecular complexity index is 1400. The van der Waals surface area contributed by atoms with E-state index in [0.717, 1.165) is 49.2 Å². The van der Waals surface area contributed by atoms with Gasteiger partial charge in [-0.3, -0.25) is 14.4 Å². The van der Waals surface area contributed by atoms with Crippen LogP contribution in [0.15, 0.2) is 72.8 Å². The van der Waals surface area contributed by atoms with Crippen LogP contribution in [0.5, 0.6) is 0 Å². The monoisotopic (exact) mass is 528 g/mol. The van der Waals surface area contributed by atoms with E-state index in [9.17, 15) is 14.4 Å². The maximum Gasteiger partial charge on any atom is 0.258 e. The summed E-state index contributed by atoms with van der Waals surface area (Å²) in [6, 6.07) is 22.3. The second kappa shape index (κ2) is 11.1. The molecule has 38 heavy (non-hydrogen) atoms. The lowest BCUT2D eigenvalue weighted by Crippen LogP contribution is -2.44. The summed E-state index contributed by atoms with van der Waals surface area (Å²) < 4.78 is 0. The highest BCUT2D eigenvalue weighted by Gasteiger charge is 2.29. The lowest BCUT2D eigenvalue weighted by molar-refractivity contribution is -0.132. The second-order valence-corrected chi connectivity index (χ2v) is 9.91. The fraction of sp³-hybridized carbons (Fsp3) is 0.233. The van der Waals surface area contributed by atoms with E-state index in [0.29, 0.717) is 27.7 Å². The summed E-state index contributed by atoms with van der Waals surface area (Å²) in [5.74, 6) is -0.450. The number of fused-ring (bicyclic) bond motifs is 1. The van der Waals surface area contributed by atoms with Gasteiger partial charge in [-0.1, -0.05) is 48.0 Å². The highest BCUT2D eigenvalue weighted by Crippen LogP contribution is 2.38. The number of carbonyl (C=O) groups excluding carboxylic acids is 3. The van der Waals surface area contributed by atoms with Crippen LogP contribution in [0.1, 0.15) is 37.3 Å². The molecule has 2 aliphatic rings. The molecule has 3 aromatic rings.